The minimum absolute atomic E-state index is 0.152. The third kappa shape index (κ3) is 2.47. The van der Waals surface area contributed by atoms with E-state index in [4.69, 9.17) is 15.7 Å². The number of rotatable bonds is 4. The zero-order chi connectivity index (χ0) is 12.5. The highest BCUT2D eigenvalue weighted by molar-refractivity contribution is 5.44. The Labute approximate surface area is 97.8 Å². The number of halogens is 2. The Morgan fingerprint density at radius 1 is 1.35 bits per heavy atom. The molecule has 17 heavy (non-hydrogen) atoms. The van der Waals surface area contributed by atoms with Crippen LogP contribution in [0.5, 0.6) is 5.75 Å². The SMILES string of the molecule is N#CCC1(COc2cc(F)c(N)cc2F)CC1. The van der Waals surface area contributed by atoms with Crippen LogP contribution in [0.4, 0.5) is 14.5 Å². The van der Waals surface area contributed by atoms with Gasteiger partial charge in [0.2, 0.25) is 0 Å². The van der Waals surface area contributed by atoms with E-state index in [2.05, 4.69) is 6.07 Å². The fourth-order valence-corrected chi connectivity index (χ4v) is 1.60. The molecule has 0 heterocycles. The van der Waals surface area contributed by atoms with Crippen LogP contribution in [0.15, 0.2) is 12.1 Å². The zero-order valence-electron chi connectivity index (χ0n) is 9.17. The molecule has 1 aromatic carbocycles. The molecule has 1 fully saturated rings. The van der Waals surface area contributed by atoms with E-state index in [0.717, 1.165) is 25.0 Å². The summed E-state index contributed by atoms with van der Waals surface area (Å²) in [5.74, 6) is -1.54. The van der Waals surface area contributed by atoms with Crippen molar-refractivity contribution in [3.63, 3.8) is 0 Å². The van der Waals surface area contributed by atoms with Crippen LogP contribution in [0.3, 0.4) is 0 Å². The molecule has 0 aromatic heterocycles. The first-order valence-electron chi connectivity index (χ1n) is 5.31. The van der Waals surface area contributed by atoms with Gasteiger partial charge in [-0.15, -0.1) is 0 Å². The normalized spacial score (nSPS) is 16.3. The number of anilines is 1. The average molecular weight is 238 g/mol. The van der Waals surface area contributed by atoms with E-state index < -0.39 is 11.6 Å². The summed E-state index contributed by atoms with van der Waals surface area (Å²) < 4.78 is 31.7. The Morgan fingerprint density at radius 3 is 2.65 bits per heavy atom. The Kier molecular flexibility index (Phi) is 2.88. The maximum atomic E-state index is 13.4. The van der Waals surface area contributed by atoms with Gasteiger partial charge in [0.15, 0.2) is 11.6 Å². The van der Waals surface area contributed by atoms with E-state index in [1.807, 2.05) is 0 Å². The second-order valence-electron chi connectivity index (χ2n) is 4.43. The lowest BCUT2D eigenvalue weighted by molar-refractivity contribution is 0.227. The van der Waals surface area contributed by atoms with Crippen molar-refractivity contribution in [3.8, 4) is 11.8 Å². The molecule has 0 bridgehead atoms. The van der Waals surface area contributed by atoms with Crippen molar-refractivity contribution in [2.24, 2.45) is 5.41 Å². The summed E-state index contributed by atoms with van der Waals surface area (Å²) in [5, 5.41) is 8.62. The molecule has 1 aliphatic rings. The highest BCUT2D eigenvalue weighted by atomic mass is 19.1. The Morgan fingerprint density at radius 2 is 2.06 bits per heavy atom. The van der Waals surface area contributed by atoms with Gasteiger partial charge >= 0.3 is 0 Å². The molecule has 0 saturated heterocycles. The number of nitrogens with two attached hydrogens (primary N) is 1. The van der Waals surface area contributed by atoms with Gasteiger partial charge in [0.1, 0.15) is 5.82 Å². The zero-order valence-corrected chi connectivity index (χ0v) is 9.17. The van der Waals surface area contributed by atoms with Gasteiger partial charge in [0.25, 0.3) is 0 Å². The van der Waals surface area contributed by atoms with Crippen LogP contribution in [0.25, 0.3) is 0 Å². The number of hydrogen-bond acceptors (Lipinski definition) is 3. The predicted molar refractivity (Wildman–Crippen MR) is 58.2 cm³/mol. The van der Waals surface area contributed by atoms with Crippen molar-refractivity contribution in [2.45, 2.75) is 19.3 Å². The maximum absolute atomic E-state index is 13.4. The van der Waals surface area contributed by atoms with Crippen LogP contribution < -0.4 is 10.5 Å². The molecule has 2 N–H and O–H groups in total. The molecule has 0 spiro atoms. The summed E-state index contributed by atoms with van der Waals surface area (Å²) in [5.41, 5.74) is 4.81. The number of nitrogen functional groups attached to an aromatic ring is 1. The molecule has 1 aliphatic carbocycles. The van der Waals surface area contributed by atoms with Gasteiger partial charge in [0.05, 0.1) is 18.4 Å². The molecule has 1 aromatic rings. The van der Waals surface area contributed by atoms with Crippen LogP contribution >= 0.6 is 0 Å². The third-order valence-electron chi connectivity index (χ3n) is 3.00. The van der Waals surface area contributed by atoms with Gasteiger partial charge in [-0.25, -0.2) is 8.78 Å². The topological polar surface area (TPSA) is 59.0 Å². The molecular formula is C12H12F2N2O. The molecule has 2 rings (SSSR count). The molecule has 90 valence electrons. The summed E-state index contributed by atoms with van der Waals surface area (Å²) in [4.78, 5) is 0. The van der Waals surface area contributed by atoms with Crippen molar-refractivity contribution in [3.05, 3.63) is 23.8 Å². The number of nitriles is 1. The van der Waals surface area contributed by atoms with E-state index >= 15 is 0 Å². The molecule has 0 atom stereocenters. The lowest BCUT2D eigenvalue weighted by atomic mass is 10.1. The van der Waals surface area contributed by atoms with Crippen molar-refractivity contribution >= 4 is 5.69 Å². The van der Waals surface area contributed by atoms with Crippen LogP contribution in [-0.4, -0.2) is 6.61 Å². The van der Waals surface area contributed by atoms with E-state index in [0.29, 0.717) is 6.42 Å². The third-order valence-corrected chi connectivity index (χ3v) is 3.00. The molecule has 0 aliphatic heterocycles. The fourth-order valence-electron chi connectivity index (χ4n) is 1.60. The van der Waals surface area contributed by atoms with E-state index in [1.165, 1.54) is 0 Å². The van der Waals surface area contributed by atoms with Crippen molar-refractivity contribution in [1.82, 2.24) is 0 Å². The number of nitrogens with zero attached hydrogens (tertiary/aromatic N) is 1. The smallest absolute Gasteiger partial charge is 0.167 e. The average Bonchev–Trinajstić information content (AvgIpc) is 3.03. The maximum Gasteiger partial charge on any atom is 0.167 e. The lowest BCUT2D eigenvalue weighted by Gasteiger charge is -2.13. The number of benzene rings is 1. The van der Waals surface area contributed by atoms with Crippen molar-refractivity contribution in [1.29, 1.82) is 5.26 Å². The number of hydrogen-bond donors (Lipinski definition) is 1. The number of ether oxygens (including phenoxy) is 1. The van der Waals surface area contributed by atoms with Crippen molar-refractivity contribution < 1.29 is 13.5 Å². The molecule has 1 saturated carbocycles. The van der Waals surface area contributed by atoms with Gasteiger partial charge in [-0.2, -0.15) is 5.26 Å². The van der Waals surface area contributed by atoms with Crippen LogP contribution in [-0.2, 0) is 0 Å². The molecule has 0 unspecified atom stereocenters. The van der Waals surface area contributed by atoms with E-state index in [-0.39, 0.29) is 23.5 Å². The first-order valence-corrected chi connectivity index (χ1v) is 5.31. The standard InChI is InChI=1S/C12H12F2N2O/c13-8-6-11(9(14)5-10(8)16)17-7-12(1-2-12)3-4-15/h5-6H,1-3,7,16H2. The minimum atomic E-state index is -0.702. The van der Waals surface area contributed by atoms with Crippen LogP contribution in [0, 0.1) is 28.4 Å². The summed E-state index contributed by atoms with van der Waals surface area (Å²) in [7, 11) is 0. The minimum Gasteiger partial charge on any atom is -0.490 e. The Bertz CT molecular complexity index is 478. The lowest BCUT2D eigenvalue weighted by Crippen LogP contribution is -2.13. The van der Waals surface area contributed by atoms with Crippen LogP contribution in [0.2, 0.25) is 0 Å². The molecular weight excluding hydrogens is 226 g/mol. The fraction of sp³-hybridized carbons (Fsp3) is 0.417. The quantitative estimate of drug-likeness (QED) is 0.820. The van der Waals surface area contributed by atoms with E-state index in [9.17, 15) is 8.78 Å². The summed E-state index contributed by atoms with van der Waals surface area (Å²) in [6.07, 6.45) is 2.16. The van der Waals surface area contributed by atoms with Crippen LogP contribution in [0.1, 0.15) is 19.3 Å². The highest BCUT2D eigenvalue weighted by Gasteiger charge is 2.43. The monoisotopic (exact) mass is 238 g/mol. The first kappa shape index (κ1) is 11.6. The second-order valence-corrected chi connectivity index (χ2v) is 4.43. The predicted octanol–water partition coefficient (Wildman–Crippen LogP) is 2.62. The van der Waals surface area contributed by atoms with Gasteiger partial charge in [0, 0.05) is 24.0 Å². The summed E-state index contributed by atoms with van der Waals surface area (Å²) in [6, 6.07) is 3.91. The van der Waals surface area contributed by atoms with Gasteiger partial charge < -0.3 is 10.5 Å². The van der Waals surface area contributed by atoms with Crippen molar-refractivity contribution in [2.75, 3.05) is 12.3 Å². The molecule has 3 nitrogen and oxygen atoms in total. The summed E-state index contributed by atoms with van der Waals surface area (Å²) >= 11 is 0. The first-order chi connectivity index (χ1) is 8.06. The highest BCUT2D eigenvalue weighted by Crippen LogP contribution is 2.48. The Hall–Kier alpha value is -1.83. The van der Waals surface area contributed by atoms with Gasteiger partial charge in [-0.3, -0.25) is 0 Å². The van der Waals surface area contributed by atoms with Gasteiger partial charge in [-0.1, -0.05) is 0 Å². The largest absolute Gasteiger partial charge is 0.490 e. The van der Waals surface area contributed by atoms with Gasteiger partial charge in [-0.05, 0) is 12.8 Å². The molecule has 5 heteroatoms. The molecule has 0 radical (unpaired) electrons. The van der Waals surface area contributed by atoms with E-state index in [1.54, 1.807) is 0 Å². The Balaban J connectivity index is 2.05. The summed E-state index contributed by atoms with van der Waals surface area (Å²) in [6.45, 7) is 0.237. The molecule has 0 amide bonds. The second kappa shape index (κ2) is 4.21.